The highest BCUT2D eigenvalue weighted by atomic mass is 16.5. The van der Waals surface area contributed by atoms with Gasteiger partial charge < -0.3 is 4.74 Å². The topological polar surface area (TPSA) is 21.6 Å². The Morgan fingerprint density at radius 2 is 2.09 bits per heavy atom. The largest absolute Gasteiger partial charge is 0.497 e. The van der Waals surface area contributed by atoms with Gasteiger partial charge in [-0.15, -0.1) is 0 Å². The molecule has 0 saturated heterocycles. The van der Waals surface area contributed by atoms with Gasteiger partial charge in [0.1, 0.15) is 5.75 Å². The molecule has 1 aromatic rings. The van der Waals surface area contributed by atoms with E-state index in [-0.39, 0.29) is 0 Å². The molecule has 0 aromatic heterocycles. The van der Waals surface area contributed by atoms with Gasteiger partial charge in [-0.25, -0.2) is 0 Å². The van der Waals surface area contributed by atoms with Gasteiger partial charge in [-0.05, 0) is 44.7 Å². The monoisotopic (exact) mass is 313 g/mol. The van der Waals surface area contributed by atoms with Crippen LogP contribution in [0, 0.1) is 5.92 Å². The summed E-state index contributed by atoms with van der Waals surface area (Å²) >= 11 is 0. The molecule has 1 aromatic carbocycles. The second kappa shape index (κ2) is 10.8. The van der Waals surface area contributed by atoms with E-state index in [1.807, 2.05) is 25.1 Å². The fourth-order valence-electron chi connectivity index (χ4n) is 2.29. The van der Waals surface area contributed by atoms with Crippen molar-refractivity contribution >= 4 is 11.4 Å². The molecule has 1 atom stereocenters. The minimum Gasteiger partial charge on any atom is -0.497 e. The zero-order valence-electron chi connectivity index (χ0n) is 15.3. The molecule has 0 amide bonds. The highest BCUT2D eigenvalue weighted by Crippen LogP contribution is 2.22. The quantitative estimate of drug-likeness (QED) is 0.298. The number of unbranched alkanes of at least 4 members (excludes halogenated alkanes) is 2. The van der Waals surface area contributed by atoms with Crippen LogP contribution in [0.5, 0.6) is 5.75 Å². The average molecular weight is 313 g/mol. The van der Waals surface area contributed by atoms with E-state index in [4.69, 9.17) is 9.73 Å². The molecule has 1 rings (SSSR count). The summed E-state index contributed by atoms with van der Waals surface area (Å²) in [5.74, 6) is 1.31. The van der Waals surface area contributed by atoms with E-state index in [1.54, 1.807) is 7.11 Å². The second-order valence-corrected chi connectivity index (χ2v) is 5.91. The summed E-state index contributed by atoms with van der Waals surface area (Å²) in [6, 6.07) is 8.06. The number of ether oxygens (including phenoxy) is 1. The Labute approximate surface area is 142 Å². The summed E-state index contributed by atoms with van der Waals surface area (Å²) in [6.07, 6.45) is 11.4. The van der Waals surface area contributed by atoms with Crippen LogP contribution in [0.3, 0.4) is 0 Å². The Kier molecular flexibility index (Phi) is 9.04. The Bertz CT molecular complexity index is 555. The molecular formula is C21H31NO. The van der Waals surface area contributed by atoms with Crippen LogP contribution in [0.15, 0.2) is 47.5 Å². The molecule has 0 spiro atoms. The number of hydrogen-bond donors (Lipinski definition) is 0. The fraction of sp³-hybridized carbons (Fsp3) is 0.476. The van der Waals surface area contributed by atoms with Gasteiger partial charge in [0.2, 0.25) is 0 Å². The molecule has 0 bridgehead atoms. The first-order chi connectivity index (χ1) is 11.1. The van der Waals surface area contributed by atoms with Crippen molar-refractivity contribution in [2.24, 2.45) is 10.9 Å². The third-order valence-corrected chi connectivity index (χ3v) is 4.03. The highest BCUT2D eigenvalue weighted by Gasteiger charge is 2.07. The minimum absolute atomic E-state index is 0.452. The van der Waals surface area contributed by atoms with Crippen molar-refractivity contribution in [3.8, 4) is 5.75 Å². The van der Waals surface area contributed by atoms with E-state index in [9.17, 15) is 0 Å². The van der Waals surface area contributed by atoms with Gasteiger partial charge in [0.05, 0.1) is 12.8 Å². The van der Waals surface area contributed by atoms with Gasteiger partial charge in [0.15, 0.2) is 0 Å². The smallest absolute Gasteiger partial charge is 0.119 e. The average Bonchev–Trinajstić information content (AvgIpc) is 2.59. The van der Waals surface area contributed by atoms with Crippen molar-refractivity contribution in [2.45, 2.75) is 53.4 Å². The number of aliphatic imine (C=N–C) groups is 1. The van der Waals surface area contributed by atoms with E-state index >= 15 is 0 Å². The summed E-state index contributed by atoms with van der Waals surface area (Å²) in [5, 5.41) is 0. The minimum atomic E-state index is 0.452. The molecule has 0 N–H and O–H groups in total. The van der Waals surface area contributed by atoms with Gasteiger partial charge in [0.25, 0.3) is 0 Å². The van der Waals surface area contributed by atoms with E-state index in [1.165, 1.54) is 25.0 Å². The van der Waals surface area contributed by atoms with E-state index in [2.05, 4.69) is 45.1 Å². The lowest BCUT2D eigenvalue weighted by Crippen LogP contribution is -2.06. The number of allylic oxidation sites excluding steroid dienone is 3. The molecule has 0 heterocycles. The zero-order valence-corrected chi connectivity index (χ0v) is 15.3. The predicted octanol–water partition coefficient (Wildman–Crippen LogP) is 6.29. The van der Waals surface area contributed by atoms with Crippen LogP contribution in [-0.4, -0.2) is 12.8 Å². The fourth-order valence-corrected chi connectivity index (χ4v) is 2.29. The van der Waals surface area contributed by atoms with Crippen LogP contribution in [0.1, 0.15) is 58.9 Å². The molecule has 0 aliphatic rings. The maximum absolute atomic E-state index is 5.30. The van der Waals surface area contributed by atoms with Crippen LogP contribution < -0.4 is 4.74 Å². The van der Waals surface area contributed by atoms with Gasteiger partial charge in [-0.3, -0.25) is 4.99 Å². The van der Waals surface area contributed by atoms with Crippen molar-refractivity contribution in [1.82, 2.24) is 0 Å². The molecule has 0 radical (unpaired) electrons. The summed E-state index contributed by atoms with van der Waals surface area (Å²) in [4.78, 5) is 4.84. The molecule has 2 heteroatoms. The van der Waals surface area contributed by atoms with Crippen LogP contribution in [-0.2, 0) is 0 Å². The summed E-state index contributed by atoms with van der Waals surface area (Å²) in [6.45, 7) is 8.61. The predicted molar refractivity (Wildman–Crippen MR) is 102 cm³/mol. The van der Waals surface area contributed by atoms with Crippen molar-refractivity contribution in [3.05, 3.63) is 48.1 Å². The maximum Gasteiger partial charge on any atom is 0.119 e. The van der Waals surface area contributed by atoms with E-state index < -0.39 is 0 Å². The van der Waals surface area contributed by atoms with Crippen LogP contribution in [0.25, 0.3) is 5.70 Å². The standard InChI is InChI=1S/C21H31NO/c1-6-8-9-10-11-13-17(3)18(4)22-21(7-2)19-14-12-15-20(16-19)23-5/h7,10-12,14-17H,6,8-9,13H2,1-5H3/b11-10-,21-7-,22-18?. The summed E-state index contributed by atoms with van der Waals surface area (Å²) < 4.78 is 5.30. The number of rotatable bonds is 9. The van der Waals surface area contributed by atoms with Crippen LogP contribution in [0.2, 0.25) is 0 Å². The normalized spacial score (nSPS) is 14.3. The lowest BCUT2D eigenvalue weighted by Gasteiger charge is -2.11. The Morgan fingerprint density at radius 1 is 1.30 bits per heavy atom. The second-order valence-electron chi connectivity index (χ2n) is 5.91. The van der Waals surface area contributed by atoms with Crippen LogP contribution >= 0.6 is 0 Å². The van der Waals surface area contributed by atoms with Crippen molar-refractivity contribution in [3.63, 3.8) is 0 Å². The maximum atomic E-state index is 5.30. The molecule has 0 aliphatic heterocycles. The Hall–Kier alpha value is -1.83. The van der Waals surface area contributed by atoms with Crippen LogP contribution in [0.4, 0.5) is 0 Å². The molecule has 126 valence electrons. The molecular weight excluding hydrogens is 282 g/mol. The lowest BCUT2D eigenvalue weighted by atomic mass is 10.0. The zero-order chi connectivity index (χ0) is 17.1. The summed E-state index contributed by atoms with van der Waals surface area (Å²) in [5.41, 5.74) is 3.26. The first kappa shape index (κ1) is 19.2. The first-order valence-electron chi connectivity index (χ1n) is 8.63. The lowest BCUT2D eigenvalue weighted by molar-refractivity contribution is 0.414. The van der Waals surface area contributed by atoms with Gasteiger partial charge in [0, 0.05) is 11.3 Å². The number of benzene rings is 1. The Morgan fingerprint density at radius 3 is 2.74 bits per heavy atom. The molecule has 0 saturated carbocycles. The van der Waals surface area contributed by atoms with Gasteiger partial charge in [-0.1, -0.05) is 57.0 Å². The number of methoxy groups -OCH3 is 1. The third kappa shape index (κ3) is 6.85. The van der Waals surface area contributed by atoms with Crippen molar-refractivity contribution in [2.75, 3.05) is 7.11 Å². The van der Waals surface area contributed by atoms with Crippen molar-refractivity contribution in [1.29, 1.82) is 0 Å². The van der Waals surface area contributed by atoms with Gasteiger partial charge >= 0.3 is 0 Å². The first-order valence-corrected chi connectivity index (χ1v) is 8.63. The van der Waals surface area contributed by atoms with Crippen molar-refractivity contribution < 1.29 is 4.74 Å². The number of hydrogen-bond acceptors (Lipinski definition) is 2. The highest BCUT2D eigenvalue weighted by molar-refractivity contribution is 5.89. The van der Waals surface area contributed by atoms with E-state index in [0.717, 1.165) is 23.4 Å². The molecule has 0 fully saturated rings. The molecule has 2 nitrogen and oxygen atoms in total. The SMILES string of the molecule is C/C=C(\N=C(C)C(C)C/C=C\CCCC)c1cccc(OC)c1. The molecule has 0 aliphatic carbocycles. The molecule has 23 heavy (non-hydrogen) atoms. The Balaban J connectivity index is 2.74. The number of nitrogens with zero attached hydrogens (tertiary/aromatic N) is 1. The summed E-state index contributed by atoms with van der Waals surface area (Å²) in [7, 11) is 1.69. The van der Waals surface area contributed by atoms with E-state index in [0.29, 0.717) is 5.92 Å². The third-order valence-electron chi connectivity index (χ3n) is 4.03. The van der Waals surface area contributed by atoms with Gasteiger partial charge in [-0.2, -0.15) is 0 Å². The molecule has 1 unspecified atom stereocenters.